The van der Waals surface area contributed by atoms with Crippen molar-refractivity contribution in [3.63, 3.8) is 0 Å². The van der Waals surface area contributed by atoms with Crippen LogP contribution in [-0.2, 0) is 0 Å². The fourth-order valence-electron chi connectivity index (χ4n) is 1.24. The molecule has 1 unspecified atom stereocenters. The van der Waals surface area contributed by atoms with Gasteiger partial charge in [-0.15, -0.1) is 11.3 Å². The van der Waals surface area contributed by atoms with Gasteiger partial charge in [-0.25, -0.2) is 0 Å². The van der Waals surface area contributed by atoms with E-state index in [1.54, 1.807) is 6.07 Å². The Hall–Kier alpha value is 0.0900. The summed E-state index contributed by atoms with van der Waals surface area (Å²) in [5.41, 5.74) is 6.26. The second-order valence-electron chi connectivity index (χ2n) is 3.80. The fraction of sp³-hybridized carbons (Fsp3) is 0.500. The Morgan fingerprint density at radius 2 is 2.19 bits per heavy atom. The molecule has 6 heteroatoms. The number of amides is 1. The van der Waals surface area contributed by atoms with Gasteiger partial charge in [0.1, 0.15) is 0 Å². The van der Waals surface area contributed by atoms with Crippen LogP contribution >= 0.6 is 43.2 Å². The first kappa shape index (κ1) is 14.2. The Balaban J connectivity index is 2.75. The summed E-state index contributed by atoms with van der Waals surface area (Å²) < 4.78 is 1.76. The predicted molar refractivity (Wildman–Crippen MR) is 74.9 cm³/mol. The lowest BCUT2D eigenvalue weighted by molar-refractivity contribution is 0.0927. The summed E-state index contributed by atoms with van der Waals surface area (Å²) in [6, 6.07) is 1.82. The van der Waals surface area contributed by atoms with Gasteiger partial charge in [-0.3, -0.25) is 4.79 Å². The van der Waals surface area contributed by atoms with E-state index < -0.39 is 0 Å². The Bertz CT molecular complexity index is 379. The fourth-order valence-corrected chi connectivity index (χ4v) is 4.03. The van der Waals surface area contributed by atoms with Crippen LogP contribution in [0.3, 0.4) is 0 Å². The monoisotopic (exact) mass is 368 g/mol. The molecule has 0 saturated carbocycles. The van der Waals surface area contributed by atoms with E-state index in [1.807, 2.05) is 13.8 Å². The summed E-state index contributed by atoms with van der Waals surface area (Å²) in [7, 11) is 0. The molecule has 0 saturated heterocycles. The molecule has 1 atom stereocenters. The van der Waals surface area contributed by atoms with Gasteiger partial charge in [-0.05, 0) is 43.8 Å². The van der Waals surface area contributed by atoms with Crippen molar-refractivity contribution in [3.05, 3.63) is 19.2 Å². The van der Waals surface area contributed by atoms with Crippen molar-refractivity contribution in [1.29, 1.82) is 0 Å². The van der Waals surface area contributed by atoms with E-state index in [9.17, 15) is 4.79 Å². The molecule has 0 aliphatic rings. The molecule has 1 heterocycles. The number of hydrogen-bond acceptors (Lipinski definition) is 3. The average molecular weight is 370 g/mol. The van der Waals surface area contributed by atoms with Crippen LogP contribution in [0.4, 0.5) is 0 Å². The molecular weight excluding hydrogens is 356 g/mol. The van der Waals surface area contributed by atoms with Crippen molar-refractivity contribution in [3.8, 4) is 0 Å². The second kappa shape index (κ2) is 6.14. The predicted octanol–water partition coefficient (Wildman–Crippen LogP) is 2.99. The zero-order chi connectivity index (χ0) is 12.3. The minimum Gasteiger partial charge on any atom is -0.348 e. The Morgan fingerprint density at radius 3 is 2.56 bits per heavy atom. The number of carbonyl (C=O) groups is 1. The molecule has 0 aliphatic heterocycles. The van der Waals surface area contributed by atoms with Crippen LogP contribution in [-0.4, -0.2) is 18.5 Å². The van der Waals surface area contributed by atoms with E-state index >= 15 is 0 Å². The van der Waals surface area contributed by atoms with Gasteiger partial charge >= 0.3 is 0 Å². The van der Waals surface area contributed by atoms with Gasteiger partial charge in [0.2, 0.25) is 0 Å². The number of nitrogens with one attached hydrogen (secondary N) is 1. The Labute approximate surface area is 116 Å². The normalized spacial score (nSPS) is 12.9. The van der Waals surface area contributed by atoms with Crippen molar-refractivity contribution >= 4 is 49.1 Å². The number of rotatable bonds is 4. The average Bonchev–Trinajstić information content (AvgIpc) is 2.53. The maximum Gasteiger partial charge on any atom is 0.253 e. The van der Waals surface area contributed by atoms with E-state index in [0.29, 0.717) is 18.0 Å². The van der Waals surface area contributed by atoms with Crippen molar-refractivity contribution in [2.45, 2.75) is 19.9 Å². The summed E-state index contributed by atoms with van der Waals surface area (Å²) in [5, 5.41) is 2.93. The molecule has 3 N–H and O–H groups in total. The van der Waals surface area contributed by atoms with Gasteiger partial charge < -0.3 is 11.1 Å². The van der Waals surface area contributed by atoms with E-state index in [1.165, 1.54) is 11.3 Å². The summed E-state index contributed by atoms with van der Waals surface area (Å²) in [6.45, 7) is 4.53. The first-order chi connectivity index (χ1) is 7.45. The summed E-state index contributed by atoms with van der Waals surface area (Å²) in [4.78, 5) is 11.9. The highest BCUT2D eigenvalue weighted by Crippen LogP contribution is 2.31. The maximum atomic E-state index is 11.9. The molecule has 1 aromatic rings. The minimum atomic E-state index is -0.0852. The highest BCUT2D eigenvalue weighted by atomic mass is 79.9. The molecule has 90 valence electrons. The van der Waals surface area contributed by atoms with Crippen LogP contribution in [0.5, 0.6) is 0 Å². The smallest absolute Gasteiger partial charge is 0.253 e. The van der Waals surface area contributed by atoms with Crippen molar-refractivity contribution in [2.24, 2.45) is 11.7 Å². The van der Waals surface area contributed by atoms with Crippen molar-refractivity contribution in [1.82, 2.24) is 5.32 Å². The quantitative estimate of drug-likeness (QED) is 0.857. The third kappa shape index (κ3) is 3.55. The van der Waals surface area contributed by atoms with Crippen LogP contribution < -0.4 is 11.1 Å². The molecule has 0 radical (unpaired) electrons. The van der Waals surface area contributed by atoms with Gasteiger partial charge in [0, 0.05) is 12.6 Å². The number of halogens is 2. The summed E-state index contributed by atoms with van der Waals surface area (Å²) in [5.74, 6) is 0.243. The molecule has 0 bridgehead atoms. The molecule has 0 fully saturated rings. The zero-order valence-electron chi connectivity index (χ0n) is 9.09. The maximum absolute atomic E-state index is 11.9. The molecule has 1 aromatic heterocycles. The molecule has 0 spiro atoms. The standard InChI is InChI=1S/C10H14Br2N2OS/c1-5(2)7(4-13)14-10(15)6-3-8(11)16-9(6)12/h3,5,7H,4,13H2,1-2H3,(H,14,15). The van der Waals surface area contributed by atoms with E-state index in [-0.39, 0.29) is 11.9 Å². The molecule has 16 heavy (non-hydrogen) atoms. The van der Waals surface area contributed by atoms with Crippen LogP contribution in [0, 0.1) is 5.92 Å². The lowest BCUT2D eigenvalue weighted by Gasteiger charge is -2.20. The lowest BCUT2D eigenvalue weighted by atomic mass is 10.0. The Morgan fingerprint density at radius 1 is 1.56 bits per heavy atom. The first-order valence-electron chi connectivity index (χ1n) is 4.91. The second-order valence-corrected chi connectivity index (χ2v) is 7.55. The van der Waals surface area contributed by atoms with Crippen LogP contribution in [0.2, 0.25) is 0 Å². The van der Waals surface area contributed by atoms with Crippen LogP contribution in [0.15, 0.2) is 13.6 Å². The van der Waals surface area contributed by atoms with Crippen LogP contribution in [0.25, 0.3) is 0 Å². The molecule has 0 aromatic carbocycles. The number of hydrogen-bond donors (Lipinski definition) is 2. The summed E-state index contributed by atoms with van der Waals surface area (Å²) >= 11 is 8.19. The topological polar surface area (TPSA) is 55.1 Å². The van der Waals surface area contributed by atoms with Crippen molar-refractivity contribution in [2.75, 3.05) is 6.54 Å². The SMILES string of the molecule is CC(C)C(CN)NC(=O)c1cc(Br)sc1Br. The lowest BCUT2D eigenvalue weighted by Crippen LogP contribution is -2.43. The van der Waals surface area contributed by atoms with Gasteiger partial charge in [-0.1, -0.05) is 13.8 Å². The van der Waals surface area contributed by atoms with Crippen LogP contribution in [0.1, 0.15) is 24.2 Å². The third-order valence-corrected chi connectivity index (χ3v) is 4.62. The van der Waals surface area contributed by atoms with E-state index in [4.69, 9.17) is 5.73 Å². The van der Waals surface area contributed by atoms with Gasteiger partial charge in [0.15, 0.2) is 0 Å². The third-order valence-electron chi connectivity index (χ3n) is 2.28. The minimum absolute atomic E-state index is 0.0121. The number of thiophene rings is 1. The van der Waals surface area contributed by atoms with E-state index in [0.717, 1.165) is 7.57 Å². The van der Waals surface area contributed by atoms with Gasteiger partial charge in [-0.2, -0.15) is 0 Å². The zero-order valence-corrected chi connectivity index (χ0v) is 13.1. The van der Waals surface area contributed by atoms with Crippen molar-refractivity contribution < 1.29 is 4.79 Å². The molecular formula is C10H14Br2N2OS. The molecule has 3 nitrogen and oxygen atoms in total. The molecule has 1 rings (SSSR count). The first-order valence-corrected chi connectivity index (χ1v) is 7.31. The highest BCUT2D eigenvalue weighted by molar-refractivity contribution is 9.12. The number of carbonyl (C=O) groups excluding carboxylic acids is 1. The van der Waals surface area contributed by atoms with Gasteiger partial charge in [0.25, 0.3) is 5.91 Å². The van der Waals surface area contributed by atoms with Gasteiger partial charge in [0.05, 0.1) is 13.1 Å². The summed E-state index contributed by atoms with van der Waals surface area (Å²) in [6.07, 6.45) is 0. The molecule has 0 aliphatic carbocycles. The van der Waals surface area contributed by atoms with E-state index in [2.05, 4.69) is 37.2 Å². The Kier molecular flexibility index (Phi) is 5.43. The highest BCUT2D eigenvalue weighted by Gasteiger charge is 2.18. The number of nitrogens with two attached hydrogens (primary N) is 1. The molecule has 1 amide bonds. The largest absolute Gasteiger partial charge is 0.348 e.